The van der Waals surface area contributed by atoms with Gasteiger partial charge in [-0.05, 0) is 25.0 Å². The minimum absolute atomic E-state index is 0.0111. The summed E-state index contributed by atoms with van der Waals surface area (Å²) in [4.78, 5) is 27.0. The molecule has 0 spiro atoms. The van der Waals surface area contributed by atoms with Crippen LogP contribution in [0.3, 0.4) is 0 Å². The van der Waals surface area contributed by atoms with Gasteiger partial charge >= 0.3 is 0 Å². The van der Waals surface area contributed by atoms with E-state index in [1.165, 1.54) is 0 Å². The number of carbonyl (C=O) groups excluding carboxylic acids is 2. The van der Waals surface area contributed by atoms with Crippen LogP contribution in [-0.2, 0) is 9.59 Å². The summed E-state index contributed by atoms with van der Waals surface area (Å²) in [6.45, 7) is 8.15. The summed E-state index contributed by atoms with van der Waals surface area (Å²) in [5, 5.41) is 2.93. The maximum Gasteiger partial charge on any atom is 0.246 e. The van der Waals surface area contributed by atoms with Gasteiger partial charge in [0.1, 0.15) is 12.1 Å². The molecule has 0 saturated carbocycles. The molecule has 1 rings (SSSR count). The highest BCUT2D eigenvalue weighted by atomic mass is 32.2. The second-order valence-electron chi connectivity index (χ2n) is 5.56. The topological polar surface area (TPSA) is 49.4 Å². The summed E-state index contributed by atoms with van der Waals surface area (Å²) in [7, 11) is 0. The molecule has 1 fully saturated rings. The molecule has 0 bridgehead atoms. The second kappa shape index (κ2) is 7.91. The lowest BCUT2D eigenvalue weighted by atomic mass is 9.92. The van der Waals surface area contributed by atoms with Crippen LogP contribution in [0.5, 0.6) is 0 Å². The van der Waals surface area contributed by atoms with Crippen LogP contribution in [0.4, 0.5) is 0 Å². The second-order valence-corrected chi connectivity index (χ2v) is 6.47. The zero-order valence-corrected chi connectivity index (χ0v) is 14.1. The fourth-order valence-corrected chi connectivity index (χ4v) is 3.56. The number of nitrogens with one attached hydrogen (secondary N) is 1. The molecule has 4 atom stereocenters. The van der Waals surface area contributed by atoms with Crippen LogP contribution in [0.25, 0.3) is 0 Å². The van der Waals surface area contributed by atoms with Crippen molar-refractivity contribution in [3.05, 3.63) is 0 Å². The molecule has 5 heteroatoms. The third-order valence-electron chi connectivity index (χ3n) is 4.28. The monoisotopic (exact) mass is 300 g/mol. The normalized spacial score (nSPS) is 26.4. The summed E-state index contributed by atoms with van der Waals surface area (Å²) < 4.78 is 0. The molecule has 1 aliphatic rings. The van der Waals surface area contributed by atoms with Crippen molar-refractivity contribution < 1.29 is 9.59 Å². The first kappa shape index (κ1) is 17.3. The van der Waals surface area contributed by atoms with Crippen molar-refractivity contribution in [2.45, 2.75) is 65.1 Å². The predicted molar refractivity (Wildman–Crippen MR) is 84.8 cm³/mol. The average molecular weight is 300 g/mol. The fraction of sp³-hybridized carbons (Fsp3) is 0.867. The quantitative estimate of drug-likeness (QED) is 0.785. The van der Waals surface area contributed by atoms with Crippen molar-refractivity contribution in [2.75, 3.05) is 12.0 Å². The molecule has 4 nitrogen and oxygen atoms in total. The van der Waals surface area contributed by atoms with Crippen molar-refractivity contribution in [3.63, 3.8) is 0 Å². The summed E-state index contributed by atoms with van der Waals surface area (Å²) >= 11 is 1.73. The fourth-order valence-electron chi connectivity index (χ4n) is 2.78. The molecule has 0 aromatic heterocycles. The average Bonchev–Trinajstić information content (AvgIpc) is 2.45. The summed E-state index contributed by atoms with van der Waals surface area (Å²) in [6, 6.07) is -0.508. The highest BCUT2D eigenvalue weighted by Gasteiger charge is 2.43. The number of carbonyl (C=O) groups is 2. The van der Waals surface area contributed by atoms with Crippen LogP contribution >= 0.6 is 11.8 Å². The van der Waals surface area contributed by atoms with E-state index in [2.05, 4.69) is 19.2 Å². The maximum absolute atomic E-state index is 12.8. The van der Waals surface area contributed by atoms with Gasteiger partial charge in [0.2, 0.25) is 11.8 Å². The van der Waals surface area contributed by atoms with Crippen LogP contribution in [0, 0.1) is 5.92 Å². The Morgan fingerprint density at radius 3 is 2.35 bits per heavy atom. The molecule has 1 N–H and O–H groups in total. The molecule has 4 unspecified atom stereocenters. The van der Waals surface area contributed by atoms with E-state index in [1.807, 2.05) is 25.0 Å². The molecular weight excluding hydrogens is 272 g/mol. The Labute approximate surface area is 127 Å². The first-order valence-corrected chi connectivity index (χ1v) is 9.02. The molecule has 1 aliphatic heterocycles. The van der Waals surface area contributed by atoms with Crippen molar-refractivity contribution in [1.82, 2.24) is 10.2 Å². The number of hydrogen-bond acceptors (Lipinski definition) is 3. The van der Waals surface area contributed by atoms with Gasteiger partial charge in [-0.25, -0.2) is 0 Å². The Morgan fingerprint density at radius 2 is 1.90 bits per heavy atom. The van der Waals surface area contributed by atoms with E-state index in [-0.39, 0.29) is 35.9 Å². The Morgan fingerprint density at radius 1 is 1.25 bits per heavy atom. The van der Waals surface area contributed by atoms with Crippen LogP contribution in [0.1, 0.15) is 47.0 Å². The lowest BCUT2D eigenvalue weighted by molar-refractivity contribution is -0.153. The minimum Gasteiger partial charge on any atom is -0.342 e. The van der Waals surface area contributed by atoms with Crippen molar-refractivity contribution in [1.29, 1.82) is 0 Å². The van der Waals surface area contributed by atoms with Crippen molar-refractivity contribution >= 4 is 23.6 Å². The van der Waals surface area contributed by atoms with E-state index >= 15 is 0 Å². The zero-order valence-electron chi connectivity index (χ0n) is 13.3. The van der Waals surface area contributed by atoms with Gasteiger partial charge in [-0.3, -0.25) is 9.59 Å². The van der Waals surface area contributed by atoms with E-state index in [1.54, 1.807) is 11.8 Å². The van der Waals surface area contributed by atoms with Gasteiger partial charge in [0.05, 0.1) is 0 Å². The standard InChI is InChI=1S/C15H28N2O2S/c1-6-10(4)13-15(19)17(11(7-2)9-20-5)12(8-3)14(18)16-13/h10-13H,6-9H2,1-5H3,(H,16,18). The molecule has 0 aromatic rings. The zero-order chi connectivity index (χ0) is 15.3. The smallest absolute Gasteiger partial charge is 0.246 e. The first-order valence-electron chi connectivity index (χ1n) is 7.63. The summed E-state index contributed by atoms with van der Waals surface area (Å²) in [5.74, 6) is 1.18. The molecule has 0 radical (unpaired) electrons. The minimum atomic E-state index is -0.355. The van der Waals surface area contributed by atoms with E-state index in [4.69, 9.17) is 0 Å². The summed E-state index contributed by atoms with van der Waals surface area (Å²) in [6.07, 6.45) is 4.50. The Balaban J connectivity index is 3.05. The number of nitrogens with zero attached hydrogens (tertiary/aromatic N) is 1. The van der Waals surface area contributed by atoms with Crippen LogP contribution in [-0.4, -0.2) is 46.8 Å². The molecular formula is C15H28N2O2S. The number of hydrogen-bond donors (Lipinski definition) is 1. The molecule has 0 aromatic carbocycles. The molecule has 20 heavy (non-hydrogen) atoms. The Kier molecular flexibility index (Phi) is 6.86. The van der Waals surface area contributed by atoms with Gasteiger partial charge < -0.3 is 10.2 Å². The van der Waals surface area contributed by atoms with Crippen molar-refractivity contribution in [3.8, 4) is 0 Å². The molecule has 2 amide bonds. The molecule has 116 valence electrons. The predicted octanol–water partition coefficient (Wildman–Crippen LogP) is 2.28. The largest absolute Gasteiger partial charge is 0.342 e. The Hall–Kier alpha value is -0.710. The van der Waals surface area contributed by atoms with Gasteiger partial charge in [0.25, 0.3) is 0 Å². The van der Waals surface area contributed by atoms with Crippen LogP contribution in [0.15, 0.2) is 0 Å². The molecule has 1 saturated heterocycles. The number of amides is 2. The van der Waals surface area contributed by atoms with Crippen LogP contribution < -0.4 is 5.32 Å². The molecule has 1 heterocycles. The third kappa shape index (κ3) is 3.48. The van der Waals surface area contributed by atoms with E-state index in [0.29, 0.717) is 6.42 Å². The molecule has 0 aliphatic carbocycles. The SMILES string of the molecule is CCC(C)C1NC(=O)C(CC)N(C(CC)CSC)C1=O. The first-order chi connectivity index (χ1) is 9.51. The van der Waals surface area contributed by atoms with Crippen LogP contribution in [0.2, 0.25) is 0 Å². The van der Waals surface area contributed by atoms with Gasteiger partial charge in [-0.2, -0.15) is 11.8 Å². The van der Waals surface area contributed by atoms with Gasteiger partial charge in [0, 0.05) is 11.8 Å². The number of piperazine rings is 1. The van der Waals surface area contributed by atoms with Crippen molar-refractivity contribution in [2.24, 2.45) is 5.92 Å². The lowest BCUT2D eigenvalue weighted by Gasteiger charge is -2.44. The number of thioether (sulfide) groups is 1. The van der Waals surface area contributed by atoms with E-state index in [9.17, 15) is 9.59 Å². The van der Waals surface area contributed by atoms with E-state index < -0.39 is 0 Å². The summed E-state index contributed by atoms with van der Waals surface area (Å²) in [5.41, 5.74) is 0. The number of rotatable bonds is 7. The van der Waals surface area contributed by atoms with Gasteiger partial charge in [-0.1, -0.05) is 34.1 Å². The highest BCUT2D eigenvalue weighted by molar-refractivity contribution is 7.98. The third-order valence-corrected chi connectivity index (χ3v) is 5.00. The Bertz CT molecular complexity index is 349. The van der Waals surface area contributed by atoms with Gasteiger partial charge in [0.15, 0.2) is 0 Å². The lowest BCUT2D eigenvalue weighted by Crippen LogP contribution is -2.67. The maximum atomic E-state index is 12.8. The highest BCUT2D eigenvalue weighted by Crippen LogP contribution is 2.24. The van der Waals surface area contributed by atoms with E-state index in [0.717, 1.165) is 18.6 Å². The van der Waals surface area contributed by atoms with Gasteiger partial charge in [-0.15, -0.1) is 0 Å².